The van der Waals surface area contributed by atoms with E-state index in [1.807, 2.05) is 0 Å². The molecule has 0 aromatic carbocycles. The number of aliphatic hydroxyl groups is 1. The Kier molecular flexibility index (Phi) is 5.85. The zero-order valence-electron chi connectivity index (χ0n) is 11.9. The number of anilines is 2. The van der Waals surface area contributed by atoms with Gasteiger partial charge in [0.25, 0.3) is 0 Å². The van der Waals surface area contributed by atoms with Gasteiger partial charge in [-0.3, -0.25) is 4.57 Å². The molecule has 9 heteroatoms. The minimum atomic E-state index is 0.0424. The molecule has 0 saturated carbocycles. The van der Waals surface area contributed by atoms with Crippen LogP contribution < -0.4 is 10.6 Å². The summed E-state index contributed by atoms with van der Waals surface area (Å²) in [6, 6.07) is 0. The van der Waals surface area contributed by atoms with Crippen molar-refractivity contribution in [2.45, 2.75) is 6.42 Å². The van der Waals surface area contributed by atoms with Gasteiger partial charge in [0.05, 0.1) is 13.2 Å². The summed E-state index contributed by atoms with van der Waals surface area (Å²) >= 11 is 0. The third-order valence-corrected chi connectivity index (χ3v) is 2.57. The zero-order valence-corrected chi connectivity index (χ0v) is 11.9. The molecule has 114 valence electrons. The normalized spacial score (nSPS) is 10.6. The van der Waals surface area contributed by atoms with E-state index in [4.69, 9.17) is 9.84 Å². The highest BCUT2D eigenvalue weighted by molar-refractivity contribution is 5.37. The van der Waals surface area contributed by atoms with Crippen molar-refractivity contribution in [3.8, 4) is 5.95 Å². The van der Waals surface area contributed by atoms with Gasteiger partial charge in [-0.15, -0.1) is 0 Å². The molecular formula is C12H19N7O2. The molecule has 2 aromatic heterocycles. The predicted molar refractivity (Wildman–Crippen MR) is 77.5 cm³/mol. The lowest BCUT2D eigenvalue weighted by Gasteiger charge is -2.09. The summed E-state index contributed by atoms with van der Waals surface area (Å²) in [5.74, 6) is 1.46. The highest BCUT2D eigenvalue weighted by Crippen LogP contribution is 2.08. The van der Waals surface area contributed by atoms with Gasteiger partial charge in [-0.1, -0.05) is 0 Å². The molecule has 0 unspecified atom stereocenters. The van der Waals surface area contributed by atoms with Crippen LogP contribution >= 0.6 is 0 Å². The van der Waals surface area contributed by atoms with Crippen molar-refractivity contribution in [3.63, 3.8) is 0 Å². The van der Waals surface area contributed by atoms with Crippen molar-refractivity contribution < 1.29 is 9.84 Å². The highest BCUT2D eigenvalue weighted by atomic mass is 16.5. The Bertz CT molecular complexity index is 532. The van der Waals surface area contributed by atoms with E-state index in [9.17, 15) is 0 Å². The first-order valence-electron chi connectivity index (χ1n) is 6.68. The molecule has 0 amide bonds. The molecule has 0 aliphatic heterocycles. The average Bonchev–Trinajstić information content (AvgIpc) is 3.05. The Morgan fingerprint density at radius 2 is 2.10 bits per heavy atom. The van der Waals surface area contributed by atoms with E-state index >= 15 is 0 Å². The van der Waals surface area contributed by atoms with Crippen LogP contribution in [0.25, 0.3) is 5.95 Å². The van der Waals surface area contributed by atoms with Crippen LogP contribution in [0.2, 0.25) is 0 Å². The number of hydrogen-bond donors (Lipinski definition) is 3. The summed E-state index contributed by atoms with van der Waals surface area (Å²) in [5, 5.41) is 14.6. The molecule has 3 N–H and O–H groups in total. The van der Waals surface area contributed by atoms with Crippen molar-refractivity contribution in [1.82, 2.24) is 24.5 Å². The molecule has 0 spiro atoms. The van der Waals surface area contributed by atoms with Gasteiger partial charge in [0, 0.05) is 32.6 Å². The van der Waals surface area contributed by atoms with Crippen LogP contribution in [-0.4, -0.2) is 63.0 Å². The largest absolute Gasteiger partial charge is 0.394 e. The van der Waals surface area contributed by atoms with Crippen molar-refractivity contribution in [3.05, 3.63) is 18.7 Å². The molecule has 2 aromatic rings. The van der Waals surface area contributed by atoms with Crippen LogP contribution in [0.15, 0.2) is 18.7 Å². The third-order valence-electron chi connectivity index (χ3n) is 2.57. The van der Waals surface area contributed by atoms with Gasteiger partial charge in [0.15, 0.2) is 0 Å². The molecule has 9 nitrogen and oxygen atoms in total. The van der Waals surface area contributed by atoms with E-state index in [1.54, 1.807) is 30.3 Å². The number of hydrogen-bond acceptors (Lipinski definition) is 8. The minimum absolute atomic E-state index is 0.0424. The lowest BCUT2D eigenvalue weighted by molar-refractivity contribution is 0.0921. The standard InChI is InChI=1S/C12H19N7O2/c1-13-10-16-11(15-3-2-7-21-8-6-20)18-12(17-10)19-5-4-14-9-19/h4-5,9,20H,2-3,6-8H2,1H3,(H2,13,15,16,17,18). The van der Waals surface area contributed by atoms with Crippen LogP contribution in [-0.2, 0) is 4.74 Å². The molecule has 0 atom stereocenters. The Morgan fingerprint density at radius 1 is 1.24 bits per heavy atom. The maximum atomic E-state index is 8.60. The molecule has 2 heterocycles. The molecular weight excluding hydrogens is 274 g/mol. The number of nitrogens with one attached hydrogen (secondary N) is 2. The van der Waals surface area contributed by atoms with E-state index < -0.39 is 0 Å². The topological polar surface area (TPSA) is 110 Å². The third kappa shape index (κ3) is 4.65. The maximum Gasteiger partial charge on any atom is 0.241 e. The minimum Gasteiger partial charge on any atom is -0.394 e. The van der Waals surface area contributed by atoms with E-state index in [1.165, 1.54) is 0 Å². The Labute approximate surface area is 122 Å². The summed E-state index contributed by atoms with van der Waals surface area (Å²) in [7, 11) is 1.75. The molecule has 21 heavy (non-hydrogen) atoms. The number of aliphatic hydroxyl groups excluding tert-OH is 1. The smallest absolute Gasteiger partial charge is 0.241 e. The Hall–Kier alpha value is -2.26. The molecule has 0 saturated heterocycles. The van der Waals surface area contributed by atoms with Crippen molar-refractivity contribution in [2.75, 3.05) is 44.0 Å². The summed E-state index contributed by atoms with van der Waals surface area (Å²) in [5.41, 5.74) is 0. The average molecular weight is 293 g/mol. The Balaban J connectivity index is 1.94. The van der Waals surface area contributed by atoms with Crippen LogP contribution in [0, 0.1) is 0 Å². The highest BCUT2D eigenvalue weighted by Gasteiger charge is 2.06. The lowest BCUT2D eigenvalue weighted by Crippen LogP contribution is -2.13. The summed E-state index contributed by atoms with van der Waals surface area (Å²) < 4.78 is 6.89. The van der Waals surface area contributed by atoms with E-state index in [0.29, 0.717) is 37.6 Å². The van der Waals surface area contributed by atoms with E-state index in [2.05, 4.69) is 30.6 Å². The number of nitrogens with zero attached hydrogens (tertiary/aromatic N) is 5. The maximum absolute atomic E-state index is 8.60. The molecule has 0 aliphatic rings. The van der Waals surface area contributed by atoms with Gasteiger partial charge in [0.2, 0.25) is 17.8 Å². The van der Waals surface area contributed by atoms with Gasteiger partial charge in [-0.2, -0.15) is 15.0 Å². The molecule has 0 fully saturated rings. The fraction of sp³-hybridized carbons (Fsp3) is 0.500. The second kappa shape index (κ2) is 8.12. The van der Waals surface area contributed by atoms with Crippen LogP contribution in [0.5, 0.6) is 0 Å². The Morgan fingerprint density at radius 3 is 2.81 bits per heavy atom. The van der Waals surface area contributed by atoms with Crippen molar-refractivity contribution in [2.24, 2.45) is 0 Å². The van der Waals surface area contributed by atoms with Gasteiger partial charge in [0.1, 0.15) is 6.33 Å². The molecule has 0 radical (unpaired) electrons. The summed E-state index contributed by atoms with van der Waals surface area (Å²) in [4.78, 5) is 16.8. The first-order chi connectivity index (χ1) is 10.3. The molecule has 0 aliphatic carbocycles. The monoisotopic (exact) mass is 293 g/mol. The van der Waals surface area contributed by atoms with Gasteiger partial charge < -0.3 is 20.5 Å². The first-order valence-corrected chi connectivity index (χ1v) is 6.68. The zero-order chi connectivity index (χ0) is 14.9. The molecule has 2 rings (SSSR count). The second-order valence-corrected chi connectivity index (χ2v) is 4.12. The summed E-state index contributed by atoms with van der Waals surface area (Å²) in [6.45, 7) is 1.65. The number of ether oxygens (including phenoxy) is 1. The van der Waals surface area contributed by atoms with Crippen LogP contribution in [0.3, 0.4) is 0 Å². The van der Waals surface area contributed by atoms with E-state index in [-0.39, 0.29) is 6.61 Å². The number of aromatic nitrogens is 5. The van der Waals surface area contributed by atoms with E-state index in [0.717, 1.165) is 6.42 Å². The fourth-order valence-corrected chi connectivity index (χ4v) is 1.59. The predicted octanol–water partition coefficient (Wildman–Crippen LogP) is -0.0901. The summed E-state index contributed by atoms with van der Waals surface area (Å²) in [6.07, 6.45) is 5.85. The fourth-order valence-electron chi connectivity index (χ4n) is 1.59. The quantitative estimate of drug-likeness (QED) is 0.550. The second-order valence-electron chi connectivity index (χ2n) is 4.12. The first kappa shape index (κ1) is 15.1. The van der Waals surface area contributed by atoms with Gasteiger partial charge >= 0.3 is 0 Å². The lowest BCUT2D eigenvalue weighted by atomic mass is 10.4. The number of imidazole rings is 1. The van der Waals surface area contributed by atoms with Crippen LogP contribution in [0.4, 0.5) is 11.9 Å². The van der Waals surface area contributed by atoms with Gasteiger partial charge in [-0.05, 0) is 6.42 Å². The van der Waals surface area contributed by atoms with Crippen LogP contribution in [0.1, 0.15) is 6.42 Å². The van der Waals surface area contributed by atoms with Crippen molar-refractivity contribution >= 4 is 11.9 Å². The van der Waals surface area contributed by atoms with Crippen molar-refractivity contribution in [1.29, 1.82) is 0 Å². The SMILES string of the molecule is CNc1nc(NCCCOCCO)nc(-n2ccnc2)n1. The molecule has 0 bridgehead atoms. The van der Waals surface area contributed by atoms with Gasteiger partial charge in [-0.25, -0.2) is 4.98 Å². The number of rotatable bonds is 9.